The Kier molecular flexibility index (Phi) is 4.16. The van der Waals surface area contributed by atoms with Crippen molar-refractivity contribution in [3.05, 3.63) is 71.2 Å². The molecule has 3 aromatic rings. The van der Waals surface area contributed by atoms with E-state index in [9.17, 15) is 9.18 Å². The summed E-state index contributed by atoms with van der Waals surface area (Å²) in [6, 6.07) is 13.9. The molecular formula is C21H18FN4OS+. The highest BCUT2D eigenvalue weighted by atomic mass is 32.1. The summed E-state index contributed by atoms with van der Waals surface area (Å²) in [6.07, 6.45) is 2.18. The number of anilines is 1. The molecule has 0 bridgehead atoms. The summed E-state index contributed by atoms with van der Waals surface area (Å²) in [5.41, 5.74) is 3.46. The lowest BCUT2D eigenvalue weighted by atomic mass is 9.86. The maximum Gasteiger partial charge on any atom is 0.355 e. The number of thiazole rings is 1. The van der Waals surface area contributed by atoms with E-state index >= 15 is 0 Å². The number of hydrogen-bond donors (Lipinski definition) is 3. The Labute approximate surface area is 165 Å². The van der Waals surface area contributed by atoms with Crippen molar-refractivity contribution in [2.75, 3.05) is 5.32 Å². The SMILES string of the molecule is O=C1CCCC2=C1[C@H](c1ccc(F)cc1)[NH+]=C(Nc1nc3ccccc3s1)N2. The number of allylic oxidation sites excluding steroid dienone is 1. The second-order valence-electron chi connectivity index (χ2n) is 6.91. The first kappa shape index (κ1) is 17.1. The third-order valence-electron chi connectivity index (χ3n) is 5.04. The van der Waals surface area contributed by atoms with E-state index in [1.165, 1.54) is 12.1 Å². The van der Waals surface area contributed by atoms with E-state index in [1.807, 2.05) is 24.3 Å². The van der Waals surface area contributed by atoms with E-state index in [0.29, 0.717) is 12.4 Å². The fourth-order valence-corrected chi connectivity index (χ4v) is 4.61. The van der Waals surface area contributed by atoms with Crippen molar-refractivity contribution in [1.29, 1.82) is 0 Å². The number of nitrogens with one attached hydrogen (secondary N) is 3. The van der Waals surface area contributed by atoms with E-state index in [4.69, 9.17) is 0 Å². The van der Waals surface area contributed by atoms with E-state index in [-0.39, 0.29) is 17.6 Å². The number of benzene rings is 2. The van der Waals surface area contributed by atoms with Gasteiger partial charge >= 0.3 is 5.96 Å². The average Bonchev–Trinajstić information content (AvgIpc) is 3.10. The zero-order valence-corrected chi connectivity index (χ0v) is 15.8. The Morgan fingerprint density at radius 2 is 1.96 bits per heavy atom. The topological polar surface area (TPSA) is 68.0 Å². The van der Waals surface area contributed by atoms with Crippen LogP contribution >= 0.6 is 11.3 Å². The predicted octanol–water partition coefficient (Wildman–Crippen LogP) is 2.64. The molecular weight excluding hydrogens is 375 g/mol. The molecule has 5 rings (SSSR count). The summed E-state index contributed by atoms with van der Waals surface area (Å²) in [6.45, 7) is 0. The number of para-hydroxylation sites is 1. The van der Waals surface area contributed by atoms with Crippen molar-refractivity contribution in [2.45, 2.75) is 25.3 Å². The minimum Gasteiger partial charge on any atom is -0.294 e. The van der Waals surface area contributed by atoms with Gasteiger partial charge in [-0.2, -0.15) is 0 Å². The number of hydrogen-bond acceptors (Lipinski definition) is 5. The Morgan fingerprint density at radius 1 is 1.14 bits per heavy atom. The van der Waals surface area contributed by atoms with E-state index in [0.717, 1.165) is 45.0 Å². The van der Waals surface area contributed by atoms with Gasteiger partial charge < -0.3 is 0 Å². The number of rotatable bonds is 2. The Balaban J connectivity index is 1.52. The van der Waals surface area contributed by atoms with Gasteiger partial charge in [0.05, 0.1) is 21.5 Å². The molecule has 0 amide bonds. The molecule has 28 heavy (non-hydrogen) atoms. The molecule has 2 aliphatic rings. The summed E-state index contributed by atoms with van der Waals surface area (Å²) in [4.78, 5) is 20.6. The lowest BCUT2D eigenvalue weighted by Crippen LogP contribution is -2.82. The standard InChI is InChI=1S/C21H17FN4OS/c22-13-10-8-12(9-11-13)19-18-15(5-3-6-16(18)27)23-20(25-19)26-21-24-14-4-1-2-7-17(14)28-21/h1-2,4,7-11,19H,3,5-6H2,(H2,23,24,25,26)/p+1/t19-/m0/s1. The lowest BCUT2D eigenvalue weighted by Gasteiger charge is -2.26. The number of ketones is 1. The fraction of sp³-hybridized carbons (Fsp3) is 0.190. The first-order chi connectivity index (χ1) is 13.7. The number of carbonyl (C=O) groups is 1. The van der Waals surface area contributed by atoms with Crippen LogP contribution in [0.4, 0.5) is 9.52 Å². The molecule has 1 aliphatic heterocycles. The molecule has 1 aliphatic carbocycles. The second kappa shape index (κ2) is 6.83. The third-order valence-corrected chi connectivity index (χ3v) is 5.99. The predicted molar refractivity (Wildman–Crippen MR) is 107 cm³/mol. The van der Waals surface area contributed by atoms with Crippen molar-refractivity contribution in [3.63, 3.8) is 0 Å². The van der Waals surface area contributed by atoms with Gasteiger partial charge in [-0.15, -0.1) is 0 Å². The summed E-state index contributed by atoms with van der Waals surface area (Å²) in [5, 5.41) is 7.41. The number of nitrogens with zero attached hydrogens (tertiary/aromatic N) is 1. The minimum atomic E-state index is -0.318. The highest BCUT2D eigenvalue weighted by Gasteiger charge is 2.36. The van der Waals surface area contributed by atoms with Crippen LogP contribution in [0.3, 0.4) is 0 Å². The number of halogens is 1. The van der Waals surface area contributed by atoms with Gasteiger partial charge in [0.25, 0.3) is 5.13 Å². The number of carbonyl (C=O) groups excluding carboxylic acids is 1. The molecule has 0 spiro atoms. The van der Waals surface area contributed by atoms with Crippen LogP contribution < -0.4 is 15.6 Å². The fourth-order valence-electron chi connectivity index (χ4n) is 3.74. The second-order valence-corrected chi connectivity index (χ2v) is 7.94. The van der Waals surface area contributed by atoms with Crippen molar-refractivity contribution in [2.24, 2.45) is 0 Å². The normalized spacial score (nSPS) is 19.2. The molecule has 0 saturated carbocycles. The van der Waals surface area contributed by atoms with Crippen LogP contribution in [-0.2, 0) is 4.79 Å². The molecule has 3 N–H and O–H groups in total. The van der Waals surface area contributed by atoms with Gasteiger partial charge in [0.2, 0.25) is 0 Å². The van der Waals surface area contributed by atoms with Crippen molar-refractivity contribution in [1.82, 2.24) is 10.3 Å². The first-order valence-electron chi connectivity index (χ1n) is 9.22. The maximum atomic E-state index is 13.4. The van der Waals surface area contributed by atoms with Crippen LogP contribution in [0.1, 0.15) is 30.9 Å². The lowest BCUT2D eigenvalue weighted by molar-refractivity contribution is -0.501. The number of Topliss-reactive ketones (excluding diaryl/α,β-unsaturated/α-hetero) is 1. The van der Waals surface area contributed by atoms with Crippen LogP contribution in [0.2, 0.25) is 0 Å². The van der Waals surface area contributed by atoms with Crippen LogP contribution in [0.15, 0.2) is 59.8 Å². The van der Waals surface area contributed by atoms with Crippen LogP contribution in [0.25, 0.3) is 10.2 Å². The molecule has 7 heteroatoms. The Bertz CT molecular complexity index is 1100. The highest BCUT2D eigenvalue weighted by Crippen LogP contribution is 2.30. The average molecular weight is 393 g/mol. The smallest absolute Gasteiger partial charge is 0.294 e. The molecule has 2 aromatic carbocycles. The maximum absolute atomic E-state index is 13.4. The summed E-state index contributed by atoms with van der Waals surface area (Å²) < 4.78 is 14.5. The van der Waals surface area contributed by atoms with Gasteiger partial charge in [-0.05, 0) is 36.2 Å². The monoisotopic (exact) mass is 393 g/mol. The van der Waals surface area contributed by atoms with Crippen LogP contribution in [0, 0.1) is 5.82 Å². The molecule has 1 aromatic heterocycles. The van der Waals surface area contributed by atoms with Crippen molar-refractivity contribution < 1.29 is 14.2 Å². The largest absolute Gasteiger partial charge is 0.355 e. The molecule has 1 atom stereocenters. The van der Waals surface area contributed by atoms with Crippen molar-refractivity contribution >= 4 is 38.4 Å². The van der Waals surface area contributed by atoms with E-state index in [2.05, 4.69) is 20.6 Å². The van der Waals surface area contributed by atoms with Crippen LogP contribution in [-0.4, -0.2) is 16.7 Å². The van der Waals surface area contributed by atoms with Crippen molar-refractivity contribution in [3.8, 4) is 0 Å². The van der Waals surface area contributed by atoms with E-state index < -0.39 is 0 Å². The summed E-state index contributed by atoms with van der Waals surface area (Å²) >= 11 is 1.56. The summed E-state index contributed by atoms with van der Waals surface area (Å²) in [5.74, 6) is 0.523. The molecule has 0 radical (unpaired) electrons. The number of fused-ring (bicyclic) bond motifs is 1. The van der Waals surface area contributed by atoms with Gasteiger partial charge in [-0.3, -0.25) is 9.79 Å². The molecule has 140 valence electrons. The van der Waals surface area contributed by atoms with E-state index in [1.54, 1.807) is 23.5 Å². The van der Waals surface area contributed by atoms with Gasteiger partial charge in [0, 0.05) is 12.8 Å². The molecule has 0 fully saturated rings. The van der Waals surface area contributed by atoms with Gasteiger partial charge in [0.15, 0.2) is 5.78 Å². The zero-order valence-electron chi connectivity index (χ0n) is 15.0. The number of aromatic nitrogens is 1. The Hall–Kier alpha value is -3.06. The van der Waals surface area contributed by atoms with Crippen LogP contribution in [0.5, 0.6) is 0 Å². The van der Waals surface area contributed by atoms with Gasteiger partial charge in [-0.1, -0.05) is 35.6 Å². The molecule has 0 saturated heterocycles. The number of guanidine groups is 1. The first-order valence-corrected chi connectivity index (χ1v) is 10.0. The molecule has 5 nitrogen and oxygen atoms in total. The third kappa shape index (κ3) is 3.07. The van der Waals surface area contributed by atoms with Gasteiger partial charge in [-0.25, -0.2) is 20.0 Å². The Morgan fingerprint density at radius 3 is 2.79 bits per heavy atom. The molecule has 0 unspecified atom stereocenters. The minimum absolute atomic E-state index is 0.134. The highest BCUT2D eigenvalue weighted by molar-refractivity contribution is 7.22. The quantitative estimate of drug-likeness (QED) is 0.626. The zero-order chi connectivity index (χ0) is 19.1. The summed E-state index contributed by atoms with van der Waals surface area (Å²) in [7, 11) is 0. The van der Waals surface area contributed by atoms with Gasteiger partial charge in [0.1, 0.15) is 11.9 Å². The molecule has 2 heterocycles.